The number of aliphatic hydroxyl groups excluding tert-OH is 1. The van der Waals surface area contributed by atoms with Gasteiger partial charge in [-0.15, -0.1) is 0 Å². The number of carbonyl (C=O) groups is 3. The second-order valence-electron chi connectivity index (χ2n) is 18.9. The molecule has 4 heterocycles. The third-order valence-corrected chi connectivity index (χ3v) is 14.5. The van der Waals surface area contributed by atoms with E-state index in [0.717, 1.165) is 82.5 Å². The Labute approximate surface area is 404 Å². The molecule has 354 valence electrons. The first-order valence-corrected chi connectivity index (χ1v) is 24.0. The predicted molar refractivity (Wildman–Crippen MR) is 264 cm³/mol. The molecular formula is C57H52N4O9. The number of hydrogen-bond donors (Lipinski definition) is 5. The van der Waals surface area contributed by atoms with Crippen LogP contribution in [0.4, 0.5) is 22.0 Å². The highest BCUT2D eigenvalue weighted by Crippen LogP contribution is 2.57. The molecule has 2 bridgehead atoms. The van der Waals surface area contributed by atoms with Crippen molar-refractivity contribution in [1.29, 1.82) is 0 Å². The number of ether oxygens (including phenoxy) is 1. The van der Waals surface area contributed by atoms with E-state index in [0.29, 0.717) is 66.4 Å². The summed E-state index contributed by atoms with van der Waals surface area (Å²) in [5.41, 5.74) is 9.05. The fourth-order valence-corrected chi connectivity index (χ4v) is 11.2. The maximum atomic E-state index is 14.0. The molecule has 13 nitrogen and oxygen atoms in total. The number of aromatic hydroxyl groups is 3. The van der Waals surface area contributed by atoms with Crippen LogP contribution in [0.15, 0.2) is 132 Å². The van der Waals surface area contributed by atoms with Crippen LogP contribution in [0.3, 0.4) is 0 Å². The summed E-state index contributed by atoms with van der Waals surface area (Å²) in [5.74, 6) is 1.76. The molecule has 1 saturated heterocycles. The van der Waals surface area contributed by atoms with Crippen LogP contribution in [0.25, 0.3) is 22.6 Å². The molecule has 1 fully saturated rings. The van der Waals surface area contributed by atoms with Crippen molar-refractivity contribution in [2.75, 3.05) is 28.2 Å². The number of fused-ring (bicyclic) bond motifs is 10. The number of esters is 1. The van der Waals surface area contributed by atoms with Crippen molar-refractivity contribution < 1.29 is 44.0 Å². The number of aliphatic hydroxyl groups is 1. The zero-order chi connectivity index (χ0) is 48.1. The monoisotopic (exact) mass is 936 g/mol. The molecule has 2 aliphatic heterocycles. The van der Waals surface area contributed by atoms with Gasteiger partial charge in [-0.05, 0) is 144 Å². The third kappa shape index (κ3) is 8.29. The second-order valence-corrected chi connectivity index (χ2v) is 18.9. The first-order chi connectivity index (χ1) is 34.0. The van der Waals surface area contributed by atoms with Crippen LogP contribution < -0.4 is 15.1 Å². The van der Waals surface area contributed by atoms with E-state index in [1.807, 2.05) is 78.9 Å². The largest absolute Gasteiger partial charge is 0.508 e. The summed E-state index contributed by atoms with van der Waals surface area (Å²) in [6, 6.07) is 37.8. The molecule has 70 heavy (non-hydrogen) atoms. The molecule has 2 amide bonds. The topological polar surface area (TPSA) is 186 Å². The minimum atomic E-state index is -0.802. The number of carbonyl (C=O) groups excluding carboxylic acids is 3. The van der Waals surface area contributed by atoms with Gasteiger partial charge in [0, 0.05) is 53.7 Å². The summed E-state index contributed by atoms with van der Waals surface area (Å²) in [4.78, 5) is 49.0. The van der Waals surface area contributed by atoms with Gasteiger partial charge in [0.25, 0.3) is 0 Å². The van der Waals surface area contributed by atoms with E-state index in [4.69, 9.17) is 14.1 Å². The van der Waals surface area contributed by atoms with Crippen molar-refractivity contribution in [3.63, 3.8) is 0 Å². The Bertz CT molecular complexity index is 3150. The van der Waals surface area contributed by atoms with Crippen LogP contribution in [0.2, 0.25) is 0 Å². The van der Waals surface area contributed by atoms with Crippen LogP contribution in [0, 0.1) is 0 Å². The Morgan fingerprint density at radius 2 is 1.47 bits per heavy atom. The van der Waals surface area contributed by atoms with Crippen molar-refractivity contribution in [2.45, 2.75) is 82.0 Å². The summed E-state index contributed by atoms with van der Waals surface area (Å²) in [7, 11) is 0. The zero-order valence-corrected chi connectivity index (χ0v) is 38.4. The van der Waals surface area contributed by atoms with Crippen LogP contribution in [-0.2, 0) is 28.0 Å². The van der Waals surface area contributed by atoms with Gasteiger partial charge in [0.2, 0.25) is 0 Å². The number of unbranched alkanes of at least 4 members (excludes halogenated alkanes) is 3. The van der Waals surface area contributed by atoms with Gasteiger partial charge in [-0.25, -0.2) is 9.78 Å². The number of nitrogens with zero attached hydrogens (tertiary/aromatic N) is 3. The highest BCUT2D eigenvalue weighted by atomic mass is 16.5. The number of urea groups is 1. The lowest BCUT2D eigenvalue weighted by Crippen LogP contribution is -2.48. The van der Waals surface area contributed by atoms with Crippen LogP contribution in [0.1, 0.15) is 107 Å². The van der Waals surface area contributed by atoms with E-state index >= 15 is 0 Å². The maximum absolute atomic E-state index is 14.0. The Balaban J connectivity index is 0.650. The highest BCUT2D eigenvalue weighted by Gasteiger charge is 2.50. The fourth-order valence-electron chi connectivity index (χ4n) is 11.2. The molecule has 13 heteroatoms. The lowest BCUT2D eigenvalue weighted by Gasteiger charge is -2.39. The lowest BCUT2D eigenvalue weighted by molar-refractivity contribution is -0.145. The summed E-state index contributed by atoms with van der Waals surface area (Å²) in [6.45, 7) is 1.53. The summed E-state index contributed by atoms with van der Waals surface area (Å²) >= 11 is 0. The molecule has 5 N–H and O–H groups in total. The van der Waals surface area contributed by atoms with Gasteiger partial charge in [-0.1, -0.05) is 61.4 Å². The number of nitrogens with one attached hydrogen (secondary N) is 1. The van der Waals surface area contributed by atoms with Gasteiger partial charge in [0.05, 0.1) is 23.5 Å². The number of rotatable bonds is 13. The van der Waals surface area contributed by atoms with Gasteiger partial charge in [0.15, 0.2) is 11.6 Å². The normalized spacial score (nSPS) is 16.9. The number of phenols is 3. The van der Waals surface area contributed by atoms with Crippen LogP contribution in [-0.4, -0.2) is 62.3 Å². The van der Waals surface area contributed by atoms with E-state index in [1.165, 1.54) is 0 Å². The fraction of sp³-hybridized carbons (Fsp3) is 0.263. The summed E-state index contributed by atoms with van der Waals surface area (Å²) in [5, 5.41) is 45.3. The van der Waals surface area contributed by atoms with Gasteiger partial charge in [-0.2, -0.15) is 0 Å². The van der Waals surface area contributed by atoms with Gasteiger partial charge < -0.3 is 39.8 Å². The van der Waals surface area contributed by atoms with E-state index in [1.54, 1.807) is 53.4 Å². The molecule has 1 spiro atoms. The van der Waals surface area contributed by atoms with Gasteiger partial charge in [0.1, 0.15) is 35.4 Å². The van der Waals surface area contributed by atoms with Crippen molar-refractivity contribution in [1.82, 2.24) is 4.98 Å². The molecule has 4 aliphatic rings. The van der Waals surface area contributed by atoms with Gasteiger partial charge >= 0.3 is 12.0 Å². The number of benzene rings is 5. The van der Waals surface area contributed by atoms with E-state index in [-0.39, 0.29) is 54.1 Å². The molecule has 0 radical (unpaired) electrons. The number of anilines is 3. The Hall–Kier alpha value is -7.90. The van der Waals surface area contributed by atoms with Crippen molar-refractivity contribution in [3.8, 4) is 39.8 Å². The molecule has 2 aliphatic carbocycles. The standard InChI is InChI=1S/C57H52N4O9/c62-41-10-6-7-34(27-41)49-20-21-50-55(59-49)61(40-23-24-60(50)32-40)56(68)58-39-9-5-8-36(26-39)53-22-16-44(70-53)33-69-54(67)12-4-2-1-3-11-51(65)35-13-17-48-45(30-35)52(66)31-57(48)46-18-14-42(63)28-37(46)25-38-29-43(64)15-19-47(38)57/h5-10,13-22,26-30,40,52,62-64,66H,1-4,11-12,23-25,31-33H2,(H,58,68)/t40-,52?/m0/s1. The zero-order valence-electron chi connectivity index (χ0n) is 38.4. The number of pyridine rings is 1. The molecule has 0 saturated carbocycles. The lowest BCUT2D eigenvalue weighted by atomic mass is 9.63. The number of amides is 2. The molecule has 2 atom stereocenters. The smallest absolute Gasteiger partial charge is 0.327 e. The number of hydrogen-bond acceptors (Lipinski definition) is 11. The molecule has 5 aromatic carbocycles. The van der Waals surface area contributed by atoms with Crippen LogP contribution >= 0.6 is 0 Å². The minimum Gasteiger partial charge on any atom is -0.508 e. The summed E-state index contributed by atoms with van der Waals surface area (Å²) < 4.78 is 11.6. The first kappa shape index (κ1) is 44.6. The highest BCUT2D eigenvalue weighted by molar-refractivity contribution is 6.05. The van der Waals surface area contributed by atoms with Crippen molar-refractivity contribution >= 4 is 35.0 Å². The Morgan fingerprint density at radius 3 is 2.26 bits per heavy atom. The summed E-state index contributed by atoms with van der Waals surface area (Å²) in [6.07, 6.45) is 4.35. The number of aromatic nitrogens is 1. The minimum absolute atomic E-state index is 0.00307. The Kier molecular flexibility index (Phi) is 11.6. The number of furan rings is 1. The number of phenolic OH excluding ortho intramolecular Hbond substituents is 3. The average Bonchev–Trinajstić information content (AvgIpc) is 4.08. The van der Waals surface area contributed by atoms with E-state index in [9.17, 15) is 34.8 Å². The maximum Gasteiger partial charge on any atom is 0.327 e. The predicted octanol–water partition coefficient (Wildman–Crippen LogP) is 10.7. The average molecular weight is 937 g/mol. The molecule has 11 rings (SSSR count). The van der Waals surface area contributed by atoms with E-state index in [2.05, 4.69) is 10.2 Å². The Morgan fingerprint density at radius 1 is 0.743 bits per heavy atom. The first-order valence-electron chi connectivity index (χ1n) is 24.0. The molecule has 1 unspecified atom stereocenters. The molecule has 7 aromatic rings. The van der Waals surface area contributed by atoms with Crippen molar-refractivity contribution in [2.24, 2.45) is 0 Å². The van der Waals surface area contributed by atoms with Gasteiger partial charge in [-0.3, -0.25) is 14.5 Å². The van der Waals surface area contributed by atoms with Crippen molar-refractivity contribution in [3.05, 3.63) is 172 Å². The second kappa shape index (κ2) is 18.2. The third-order valence-electron chi connectivity index (χ3n) is 14.5. The quantitative estimate of drug-likeness (QED) is 0.0421. The number of ketones is 1. The van der Waals surface area contributed by atoms with E-state index < -0.39 is 11.5 Å². The van der Waals surface area contributed by atoms with Crippen LogP contribution in [0.5, 0.6) is 17.2 Å². The SMILES string of the molecule is O=C(CCCCCCC(=O)c1ccc2c(c1)C(O)CC21c2ccc(O)cc2Cc2cc(O)ccc21)OCc1ccc(-c2cccc(NC(=O)N3c4nc(-c5cccc(O)c5)ccc4N4CC[C@H]3C4)c2)o1. The number of Topliss-reactive ketones (excluding diaryl/α,β-unsaturated/α-hetero) is 1. The molecule has 2 aromatic heterocycles. The molecular weight excluding hydrogens is 885 g/mol.